The van der Waals surface area contributed by atoms with Gasteiger partial charge in [-0.05, 0) is 0 Å². The fraction of sp³-hybridized carbons (Fsp3) is 0.667. The van der Waals surface area contributed by atoms with Crippen LogP contribution in [0.25, 0.3) is 0 Å². The van der Waals surface area contributed by atoms with E-state index in [1.54, 1.807) is 13.8 Å². The topological polar surface area (TPSA) is 145 Å². The normalized spacial score (nSPS) is 12.3. The predicted octanol–water partition coefficient (Wildman–Crippen LogP) is 0.422. The van der Waals surface area contributed by atoms with Gasteiger partial charge in [-0.15, -0.1) is 0 Å². The lowest BCUT2D eigenvalue weighted by molar-refractivity contribution is -0.144. The Bertz CT molecular complexity index is 588. The van der Waals surface area contributed by atoms with Crippen LogP contribution in [-0.4, -0.2) is 71.8 Å². The van der Waals surface area contributed by atoms with Crippen LogP contribution < -0.4 is 10.6 Å². The molecule has 2 unspecified atom stereocenters. The van der Waals surface area contributed by atoms with Crippen molar-refractivity contribution in [2.75, 3.05) is 25.7 Å². The second-order valence-electron chi connectivity index (χ2n) is 5.86. The van der Waals surface area contributed by atoms with Crippen LogP contribution in [0.1, 0.15) is 39.5 Å². The summed E-state index contributed by atoms with van der Waals surface area (Å²) in [4.78, 5) is 70.3. The molecule has 0 aliphatic carbocycles. The highest BCUT2D eigenvalue weighted by Crippen LogP contribution is 2.15. The van der Waals surface area contributed by atoms with Gasteiger partial charge < -0.3 is 20.1 Å². The first-order chi connectivity index (χ1) is 14.2. The van der Waals surface area contributed by atoms with Crippen LogP contribution in [0.2, 0.25) is 0 Å². The van der Waals surface area contributed by atoms with Gasteiger partial charge in [0.15, 0.2) is 10.2 Å². The summed E-state index contributed by atoms with van der Waals surface area (Å²) < 4.78 is 9.21. The summed E-state index contributed by atoms with van der Waals surface area (Å²) >= 11 is 1.64. The summed E-state index contributed by atoms with van der Waals surface area (Å²) in [5.41, 5.74) is 0. The van der Waals surface area contributed by atoms with E-state index in [4.69, 9.17) is 0 Å². The van der Waals surface area contributed by atoms with Crippen molar-refractivity contribution in [2.24, 2.45) is 0 Å². The SMILES string of the molecule is CCC(=O)NC(CSC(=O)CCC(=O)SCC(NC(=O)CC)C(=O)OC)C(=O)OC. The van der Waals surface area contributed by atoms with Crippen molar-refractivity contribution >= 4 is 57.5 Å². The number of methoxy groups -OCH3 is 2. The molecule has 0 heterocycles. The van der Waals surface area contributed by atoms with Crippen LogP contribution in [0.3, 0.4) is 0 Å². The van der Waals surface area contributed by atoms with E-state index in [0.29, 0.717) is 0 Å². The Kier molecular flexibility index (Phi) is 14.6. The van der Waals surface area contributed by atoms with Crippen LogP contribution in [0.4, 0.5) is 0 Å². The molecule has 12 heteroatoms. The summed E-state index contributed by atoms with van der Waals surface area (Å²) in [5, 5.41) is 4.29. The smallest absolute Gasteiger partial charge is 0.329 e. The number of amides is 2. The maximum absolute atomic E-state index is 12.0. The van der Waals surface area contributed by atoms with E-state index in [0.717, 1.165) is 23.5 Å². The van der Waals surface area contributed by atoms with Crippen molar-refractivity contribution in [3.8, 4) is 0 Å². The number of esters is 2. The highest BCUT2D eigenvalue weighted by atomic mass is 32.2. The highest BCUT2D eigenvalue weighted by Gasteiger charge is 2.24. The molecular weight excluding hydrogens is 436 g/mol. The van der Waals surface area contributed by atoms with Gasteiger partial charge in [-0.3, -0.25) is 19.2 Å². The standard InChI is InChI=1S/C18H28N2O8S2/c1-5-13(21)19-11(17(25)27-3)9-29-15(23)7-8-16(24)30-10-12(18(26)28-4)20-14(22)6-2/h11-12H,5-10H2,1-4H3,(H,19,21)(H,20,22). The van der Waals surface area contributed by atoms with Crippen LogP contribution in [0, 0.1) is 0 Å². The quantitative estimate of drug-likeness (QED) is 0.368. The van der Waals surface area contributed by atoms with E-state index in [-0.39, 0.29) is 59.2 Å². The van der Waals surface area contributed by atoms with Crippen LogP contribution in [0.15, 0.2) is 0 Å². The summed E-state index contributed by atoms with van der Waals surface area (Å²) in [6, 6.07) is -1.91. The first kappa shape index (κ1) is 27.9. The van der Waals surface area contributed by atoms with E-state index < -0.39 is 24.0 Å². The highest BCUT2D eigenvalue weighted by molar-refractivity contribution is 8.14. The van der Waals surface area contributed by atoms with Gasteiger partial charge in [0.2, 0.25) is 11.8 Å². The average molecular weight is 465 g/mol. The maximum Gasteiger partial charge on any atom is 0.329 e. The largest absolute Gasteiger partial charge is 0.467 e. The van der Waals surface area contributed by atoms with Crippen LogP contribution in [-0.2, 0) is 38.2 Å². The molecule has 0 spiro atoms. The molecular formula is C18H28N2O8S2. The molecule has 0 aromatic heterocycles. The third-order valence-corrected chi connectivity index (χ3v) is 5.69. The van der Waals surface area contributed by atoms with Gasteiger partial charge in [-0.25, -0.2) is 9.59 Å². The number of carbonyl (C=O) groups is 6. The second-order valence-corrected chi connectivity index (χ2v) is 8.01. The molecule has 30 heavy (non-hydrogen) atoms. The summed E-state index contributed by atoms with van der Waals surface area (Å²) in [7, 11) is 2.36. The maximum atomic E-state index is 12.0. The fourth-order valence-electron chi connectivity index (χ4n) is 1.92. The number of ether oxygens (including phenoxy) is 2. The molecule has 0 aromatic rings. The van der Waals surface area contributed by atoms with Crippen LogP contribution >= 0.6 is 23.5 Å². The Morgan fingerprint density at radius 2 is 1.03 bits per heavy atom. The van der Waals surface area contributed by atoms with Gasteiger partial charge in [0.25, 0.3) is 0 Å². The van der Waals surface area contributed by atoms with Gasteiger partial charge in [0.1, 0.15) is 12.1 Å². The Morgan fingerprint density at radius 1 is 0.700 bits per heavy atom. The molecule has 2 amide bonds. The summed E-state index contributed by atoms with van der Waals surface area (Å²) in [5.74, 6) is -2.03. The molecule has 2 atom stereocenters. The van der Waals surface area contributed by atoms with Crippen LogP contribution in [0.5, 0.6) is 0 Å². The number of nitrogens with one attached hydrogen (secondary N) is 2. The Labute approximate surface area is 183 Å². The Balaban J connectivity index is 4.46. The minimum absolute atomic E-state index is 0.00789. The molecule has 0 bridgehead atoms. The van der Waals surface area contributed by atoms with Gasteiger partial charge >= 0.3 is 11.9 Å². The Morgan fingerprint density at radius 3 is 1.30 bits per heavy atom. The van der Waals surface area contributed by atoms with Crippen molar-refractivity contribution < 1.29 is 38.2 Å². The lowest BCUT2D eigenvalue weighted by Gasteiger charge is -2.15. The lowest BCUT2D eigenvalue weighted by atomic mass is 10.3. The van der Waals surface area contributed by atoms with E-state index in [9.17, 15) is 28.8 Å². The third-order valence-electron chi connectivity index (χ3n) is 3.64. The number of rotatable bonds is 13. The molecule has 0 radical (unpaired) electrons. The molecule has 2 N–H and O–H groups in total. The first-order valence-electron chi connectivity index (χ1n) is 9.23. The van der Waals surface area contributed by atoms with E-state index in [1.807, 2.05) is 0 Å². The molecule has 170 valence electrons. The molecule has 0 aliphatic heterocycles. The molecule has 0 aromatic carbocycles. The number of thioether (sulfide) groups is 2. The molecule has 0 fully saturated rings. The van der Waals surface area contributed by atoms with Gasteiger partial charge in [0, 0.05) is 37.2 Å². The predicted molar refractivity (Wildman–Crippen MR) is 113 cm³/mol. The summed E-state index contributed by atoms with van der Waals surface area (Å²) in [6.45, 7) is 3.26. The minimum atomic E-state index is -0.954. The van der Waals surface area contributed by atoms with E-state index in [1.165, 1.54) is 14.2 Å². The van der Waals surface area contributed by atoms with Gasteiger partial charge in [-0.1, -0.05) is 37.4 Å². The zero-order valence-electron chi connectivity index (χ0n) is 17.5. The van der Waals surface area contributed by atoms with E-state index in [2.05, 4.69) is 20.1 Å². The van der Waals surface area contributed by atoms with Crippen molar-refractivity contribution in [1.29, 1.82) is 0 Å². The summed E-state index contributed by atoms with van der Waals surface area (Å²) in [6.07, 6.45) is 0.221. The van der Waals surface area contributed by atoms with Gasteiger partial charge in [0.05, 0.1) is 14.2 Å². The minimum Gasteiger partial charge on any atom is -0.467 e. The first-order valence-corrected chi connectivity index (χ1v) is 11.2. The fourth-order valence-corrected chi connectivity index (χ4v) is 3.55. The zero-order valence-corrected chi connectivity index (χ0v) is 19.1. The molecule has 10 nitrogen and oxygen atoms in total. The number of hydrogen-bond donors (Lipinski definition) is 2. The average Bonchev–Trinajstić information content (AvgIpc) is 2.75. The van der Waals surface area contributed by atoms with Crippen molar-refractivity contribution in [3.63, 3.8) is 0 Å². The third kappa shape index (κ3) is 11.8. The van der Waals surface area contributed by atoms with Crippen molar-refractivity contribution in [3.05, 3.63) is 0 Å². The monoisotopic (exact) mass is 464 g/mol. The van der Waals surface area contributed by atoms with Gasteiger partial charge in [-0.2, -0.15) is 0 Å². The zero-order chi connectivity index (χ0) is 23.1. The molecule has 0 aliphatic rings. The lowest BCUT2D eigenvalue weighted by Crippen LogP contribution is -2.43. The number of hydrogen-bond acceptors (Lipinski definition) is 10. The van der Waals surface area contributed by atoms with E-state index >= 15 is 0 Å². The molecule has 0 saturated carbocycles. The number of carbonyl (C=O) groups excluding carboxylic acids is 6. The molecule has 0 rings (SSSR count). The Hall–Kier alpha value is -2.08. The van der Waals surface area contributed by atoms with Crippen molar-refractivity contribution in [1.82, 2.24) is 10.6 Å². The van der Waals surface area contributed by atoms with Crippen molar-refractivity contribution in [2.45, 2.75) is 51.6 Å². The second kappa shape index (κ2) is 15.7. The molecule has 0 saturated heterocycles.